The summed E-state index contributed by atoms with van der Waals surface area (Å²) in [5, 5.41) is 0. The van der Waals surface area contributed by atoms with Crippen molar-refractivity contribution in [2.45, 2.75) is 32.0 Å². The number of carbonyl (C=O) groups excluding carboxylic acids is 1. The van der Waals surface area contributed by atoms with Crippen molar-refractivity contribution in [1.82, 2.24) is 14.7 Å². The van der Waals surface area contributed by atoms with Gasteiger partial charge in [-0.25, -0.2) is 4.79 Å². The first kappa shape index (κ1) is 17.1. The average molecular weight is 349 g/mol. The summed E-state index contributed by atoms with van der Waals surface area (Å²) >= 11 is 0. The molecule has 2 fully saturated rings. The molecule has 2 heterocycles. The van der Waals surface area contributed by atoms with Crippen molar-refractivity contribution in [1.29, 1.82) is 0 Å². The minimum absolute atomic E-state index is 0.218. The number of piperidine rings is 1. The second kappa shape index (κ2) is 7.92. The van der Waals surface area contributed by atoms with Crippen molar-refractivity contribution in [3.63, 3.8) is 0 Å². The lowest BCUT2D eigenvalue weighted by Crippen LogP contribution is -2.46. The highest BCUT2D eigenvalue weighted by atomic mass is 16.2. The highest BCUT2D eigenvalue weighted by Crippen LogP contribution is 2.23. The Balaban J connectivity index is 1.29. The van der Waals surface area contributed by atoms with E-state index in [0.717, 1.165) is 52.1 Å². The smallest absolute Gasteiger partial charge is 0.320 e. The molecular formula is C22H27N3O. The maximum absolute atomic E-state index is 12.8. The van der Waals surface area contributed by atoms with Gasteiger partial charge in [-0.1, -0.05) is 60.7 Å². The van der Waals surface area contributed by atoms with E-state index in [4.69, 9.17) is 0 Å². The third-order valence-electron chi connectivity index (χ3n) is 5.59. The molecular weight excluding hydrogens is 322 g/mol. The minimum Gasteiger partial charge on any atom is -0.320 e. The molecule has 2 aromatic rings. The van der Waals surface area contributed by atoms with Crippen LogP contribution in [0.5, 0.6) is 0 Å². The number of hydrogen-bond donors (Lipinski definition) is 0. The summed E-state index contributed by atoms with van der Waals surface area (Å²) < 4.78 is 0. The van der Waals surface area contributed by atoms with Gasteiger partial charge in [-0.05, 0) is 24.0 Å². The third kappa shape index (κ3) is 3.91. The van der Waals surface area contributed by atoms with Crippen LogP contribution in [0.25, 0.3) is 0 Å². The van der Waals surface area contributed by atoms with Crippen LogP contribution in [0.3, 0.4) is 0 Å². The lowest BCUT2D eigenvalue weighted by atomic mass is 10.0. The van der Waals surface area contributed by atoms with Gasteiger partial charge in [0.05, 0.1) is 0 Å². The summed E-state index contributed by atoms with van der Waals surface area (Å²) in [4.78, 5) is 19.4. The number of hydrogen-bond acceptors (Lipinski definition) is 2. The van der Waals surface area contributed by atoms with Crippen molar-refractivity contribution in [3.05, 3.63) is 71.8 Å². The van der Waals surface area contributed by atoms with Crippen molar-refractivity contribution >= 4 is 6.03 Å². The van der Waals surface area contributed by atoms with E-state index in [1.165, 1.54) is 11.1 Å². The maximum atomic E-state index is 12.8. The predicted octanol–water partition coefficient (Wildman–Crippen LogP) is 3.59. The van der Waals surface area contributed by atoms with Crippen LogP contribution in [0.4, 0.5) is 4.79 Å². The molecule has 4 heteroatoms. The van der Waals surface area contributed by atoms with E-state index in [2.05, 4.69) is 52.3 Å². The van der Waals surface area contributed by atoms with Crippen LogP contribution in [0, 0.1) is 0 Å². The predicted molar refractivity (Wildman–Crippen MR) is 104 cm³/mol. The zero-order valence-corrected chi connectivity index (χ0v) is 15.3. The molecule has 2 aliphatic heterocycles. The summed E-state index contributed by atoms with van der Waals surface area (Å²) in [6, 6.07) is 21.6. The van der Waals surface area contributed by atoms with E-state index in [1.807, 2.05) is 23.1 Å². The topological polar surface area (TPSA) is 26.8 Å². The second-order valence-electron chi connectivity index (χ2n) is 7.38. The lowest BCUT2D eigenvalue weighted by molar-refractivity contribution is 0.126. The Hall–Kier alpha value is -2.33. The van der Waals surface area contributed by atoms with E-state index >= 15 is 0 Å². The van der Waals surface area contributed by atoms with Gasteiger partial charge in [-0.2, -0.15) is 0 Å². The fourth-order valence-electron chi connectivity index (χ4n) is 4.12. The third-order valence-corrected chi connectivity index (χ3v) is 5.59. The van der Waals surface area contributed by atoms with Gasteiger partial charge in [0.2, 0.25) is 0 Å². The van der Waals surface area contributed by atoms with Gasteiger partial charge in [0.1, 0.15) is 0 Å². The Bertz CT molecular complexity index is 711. The molecule has 2 aromatic carbocycles. The fourth-order valence-corrected chi connectivity index (χ4v) is 4.12. The van der Waals surface area contributed by atoms with Gasteiger partial charge in [0, 0.05) is 45.3 Å². The number of nitrogens with zero attached hydrogens (tertiary/aromatic N) is 3. The molecule has 2 amide bonds. The second-order valence-corrected chi connectivity index (χ2v) is 7.38. The summed E-state index contributed by atoms with van der Waals surface area (Å²) in [5.74, 6) is 0. The zero-order chi connectivity index (χ0) is 17.8. The molecule has 26 heavy (non-hydrogen) atoms. The van der Waals surface area contributed by atoms with E-state index in [1.54, 1.807) is 0 Å². The molecule has 136 valence electrons. The Morgan fingerprint density at radius 2 is 1.31 bits per heavy atom. The van der Waals surface area contributed by atoms with Gasteiger partial charge in [0.25, 0.3) is 0 Å². The summed E-state index contributed by atoms with van der Waals surface area (Å²) in [5.41, 5.74) is 2.58. The number of rotatable bonds is 5. The summed E-state index contributed by atoms with van der Waals surface area (Å²) in [7, 11) is 0. The van der Waals surface area contributed by atoms with Crippen molar-refractivity contribution in [3.8, 4) is 0 Å². The van der Waals surface area contributed by atoms with E-state index in [0.29, 0.717) is 6.04 Å². The molecule has 0 aliphatic carbocycles. The maximum Gasteiger partial charge on any atom is 0.320 e. The van der Waals surface area contributed by atoms with Crippen LogP contribution in [0.1, 0.15) is 24.0 Å². The van der Waals surface area contributed by atoms with E-state index in [-0.39, 0.29) is 6.03 Å². The summed E-state index contributed by atoms with van der Waals surface area (Å²) in [6.45, 7) is 5.60. The van der Waals surface area contributed by atoms with Crippen molar-refractivity contribution in [2.24, 2.45) is 0 Å². The van der Waals surface area contributed by atoms with Gasteiger partial charge in [-0.15, -0.1) is 0 Å². The monoisotopic (exact) mass is 349 g/mol. The van der Waals surface area contributed by atoms with Crippen LogP contribution in [0.15, 0.2) is 60.7 Å². The molecule has 2 aliphatic rings. The normalized spacial score (nSPS) is 19.3. The molecule has 0 atom stereocenters. The minimum atomic E-state index is 0.218. The fraction of sp³-hybridized carbons (Fsp3) is 0.409. The van der Waals surface area contributed by atoms with Crippen LogP contribution >= 0.6 is 0 Å². The first-order valence-electron chi connectivity index (χ1n) is 9.65. The van der Waals surface area contributed by atoms with Crippen LogP contribution < -0.4 is 0 Å². The molecule has 0 spiro atoms. The Morgan fingerprint density at radius 1 is 0.731 bits per heavy atom. The molecule has 4 rings (SSSR count). The standard InChI is InChI=1S/C22H27N3O/c26-22-24(18-20-9-5-2-6-10-20)15-16-25(22)21-11-13-23(14-12-21)17-19-7-3-1-4-8-19/h1-10,21H,11-18H2. The molecule has 0 N–H and O–H groups in total. The number of benzene rings is 2. The average Bonchev–Trinajstić information content (AvgIpc) is 3.05. The summed E-state index contributed by atoms with van der Waals surface area (Å²) in [6.07, 6.45) is 2.16. The van der Waals surface area contributed by atoms with Crippen LogP contribution in [0.2, 0.25) is 0 Å². The van der Waals surface area contributed by atoms with Crippen LogP contribution in [-0.4, -0.2) is 53.0 Å². The Labute approximate surface area is 156 Å². The Kier molecular flexibility index (Phi) is 5.21. The van der Waals surface area contributed by atoms with Gasteiger partial charge in [-0.3, -0.25) is 4.90 Å². The van der Waals surface area contributed by atoms with E-state index < -0.39 is 0 Å². The largest absolute Gasteiger partial charge is 0.320 e. The number of carbonyl (C=O) groups is 1. The molecule has 0 aromatic heterocycles. The van der Waals surface area contributed by atoms with Crippen molar-refractivity contribution in [2.75, 3.05) is 26.2 Å². The molecule has 0 unspecified atom stereocenters. The molecule has 0 bridgehead atoms. The van der Waals surface area contributed by atoms with Gasteiger partial charge < -0.3 is 9.80 Å². The Morgan fingerprint density at radius 3 is 1.92 bits per heavy atom. The quantitative estimate of drug-likeness (QED) is 0.825. The number of urea groups is 1. The first-order valence-corrected chi connectivity index (χ1v) is 9.65. The van der Waals surface area contributed by atoms with E-state index in [9.17, 15) is 4.79 Å². The SMILES string of the molecule is O=C1N(Cc2ccccc2)CCN1C1CCN(Cc2ccccc2)CC1. The molecule has 2 saturated heterocycles. The van der Waals surface area contributed by atoms with Crippen molar-refractivity contribution < 1.29 is 4.79 Å². The number of amides is 2. The number of likely N-dealkylation sites (tertiary alicyclic amines) is 1. The molecule has 0 saturated carbocycles. The molecule has 0 radical (unpaired) electrons. The highest BCUT2D eigenvalue weighted by molar-refractivity contribution is 5.77. The van der Waals surface area contributed by atoms with Gasteiger partial charge >= 0.3 is 6.03 Å². The first-order chi connectivity index (χ1) is 12.8. The highest BCUT2D eigenvalue weighted by Gasteiger charge is 2.35. The lowest BCUT2D eigenvalue weighted by Gasteiger charge is -2.36. The zero-order valence-electron chi connectivity index (χ0n) is 15.3. The van der Waals surface area contributed by atoms with Gasteiger partial charge in [0.15, 0.2) is 0 Å². The van der Waals surface area contributed by atoms with Crippen LogP contribution in [-0.2, 0) is 13.1 Å². The molecule has 4 nitrogen and oxygen atoms in total.